The van der Waals surface area contributed by atoms with Crippen LogP contribution in [0.1, 0.15) is 75.5 Å². The Bertz CT molecular complexity index is 1380. The molecule has 2 aliphatic carbocycles. The summed E-state index contributed by atoms with van der Waals surface area (Å²) in [5.41, 5.74) is 1.03. The molecule has 9 nitrogen and oxygen atoms in total. The standard InChI is InChI=1S/C26H31N5O4/c1-15(2)35-22-17(21(32)27-18-6-5-9-31(23(18)33)19-10-16(19)3)11-30-12-20(28-24(30)29-22)26-8-7-25(4,13-26)34-14-26/h5-6,9,11-12,15-16,19H,7-8,10,13-14H2,1-4H3,(H,27,32)/t16-,19+,25+,26+/m1/s1. The second-order valence-electron chi connectivity index (χ2n) is 11.0. The van der Waals surface area contributed by atoms with Crippen LogP contribution in [0.2, 0.25) is 0 Å². The topological polar surface area (TPSA) is 99.8 Å². The van der Waals surface area contributed by atoms with Gasteiger partial charge in [0.05, 0.1) is 24.0 Å². The average molecular weight is 478 g/mol. The van der Waals surface area contributed by atoms with Crippen LogP contribution in [0, 0.1) is 5.92 Å². The molecule has 1 aliphatic heterocycles. The van der Waals surface area contributed by atoms with Gasteiger partial charge in [-0.2, -0.15) is 4.98 Å². The van der Waals surface area contributed by atoms with Crippen LogP contribution in [-0.2, 0) is 10.2 Å². The summed E-state index contributed by atoms with van der Waals surface area (Å²) in [4.78, 5) is 35.7. The number of ether oxygens (including phenoxy) is 2. The summed E-state index contributed by atoms with van der Waals surface area (Å²) < 4.78 is 15.4. The summed E-state index contributed by atoms with van der Waals surface area (Å²) in [6.07, 6.45) is 9.17. The molecule has 3 aromatic heterocycles. The minimum Gasteiger partial charge on any atom is -0.474 e. The van der Waals surface area contributed by atoms with Crippen LogP contribution in [0.4, 0.5) is 5.69 Å². The van der Waals surface area contributed by atoms with Crippen molar-refractivity contribution in [1.29, 1.82) is 0 Å². The van der Waals surface area contributed by atoms with Crippen molar-refractivity contribution in [3.05, 3.63) is 52.3 Å². The van der Waals surface area contributed by atoms with Gasteiger partial charge in [-0.3, -0.25) is 14.0 Å². The largest absolute Gasteiger partial charge is 0.474 e. The van der Waals surface area contributed by atoms with E-state index in [-0.39, 0.29) is 45.9 Å². The smallest absolute Gasteiger partial charge is 0.274 e. The van der Waals surface area contributed by atoms with Crippen molar-refractivity contribution in [2.75, 3.05) is 11.9 Å². The fourth-order valence-corrected chi connectivity index (χ4v) is 5.62. The summed E-state index contributed by atoms with van der Waals surface area (Å²) in [5.74, 6) is 0.700. The number of anilines is 1. The fourth-order valence-electron chi connectivity index (χ4n) is 5.62. The van der Waals surface area contributed by atoms with E-state index >= 15 is 0 Å². The molecule has 0 radical (unpaired) electrons. The van der Waals surface area contributed by atoms with E-state index in [1.165, 1.54) is 0 Å². The molecule has 1 amide bonds. The summed E-state index contributed by atoms with van der Waals surface area (Å²) in [6, 6.07) is 3.61. The number of rotatable bonds is 6. The highest BCUT2D eigenvalue weighted by molar-refractivity contribution is 6.05. The van der Waals surface area contributed by atoms with Gasteiger partial charge in [-0.25, -0.2) is 4.98 Å². The summed E-state index contributed by atoms with van der Waals surface area (Å²) in [5, 5.41) is 2.79. The maximum absolute atomic E-state index is 13.4. The van der Waals surface area contributed by atoms with Crippen molar-refractivity contribution in [1.82, 2.24) is 18.9 Å². The number of fused-ring (bicyclic) bond motifs is 3. The Kier molecular flexibility index (Phi) is 4.87. The lowest BCUT2D eigenvalue weighted by Crippen LogP contribution is -2.26. The molecule has 9 heteroatoms. The van der Waals surface area contributed by atoms with E-state index in [2.05, 4.69) is 24.1 Å². The molecule has 3 aliphatic rings. The molecular weight excluding hydrogens is 446 g/mol. The summed E-state index contributed by atoms with van der Waals surface area (Å²) in [6.45, 7) is 8.68. The van der Waals surface area contributed by atoms with Gasteiger partial charge in [0.2, 0.25) is 11.7 Å². The molecule has 35 heavy (non-hydrogen) atoms. The normalized spacial score (nSPS) is 29.2. The van der Waals surface area contributed by atoms with Gasteiger partial charge in [-0.1, -0.05) is 6.92 Å². The highest BCUT2D eigenvalue weighted by Crippen LogP contribution is 2.53. The molecule has 3 fully saturated rings. The van der Waals surface area contributed by atoms with Gasteiger partial charge in [0.1, 0.15) is 11.3 Å². The van der Waals surface area contributed by atoms with Gasteiger partial charge in [0.15, 0.2) is 0 Å². The van der Waals surface area contributed by atoms with Gasteiger partial charge in [0.25, 0.3) is 11.5 Å². The van der Waals surface area contributed by atoms with Crippen LogP contribution in [-0.4, -0.2) is 43.2 Å². The average Bonchev–Trinajstić information content (AvgIpc) is 3.12. The van der Waals surface area contributed by atoms with Crippen LogP contribution in [0.3, 0.4) is 0 Å². The number of hydrogen-bond acceptors (Lipinski definition) is 6. The van der Waals surface area contributed by atoms with Crippen molar-refractivity contribution in [2.24, 2.45) is 5.92 Å². The molecule has 2 saturated carbocycles. The first-order valence-electron chi connectivity index (χ1n) is 12.4. The van der Waals surface area contributed by atoms with Crippen molar-refractivity contribution in [2.45, 2.75) is 76.5 Å². The van der Waals surface area contributed by atoms with E-state index in [1.54, 1.807) is 33.5 Å². The lowest BCUT2D eigenvalue weighted by atomic mass is 9.84. The first kappa shape index (κ1) is 22.3. The third-order valence-electron chi connectivity index (χ3n) is 7.74. The Morgan fingerprint density at radius 1 is 1.29 bits per heavy atom. The maximum atomic E-state index is 13.4. The molecule has 0 unspecified atom stereocenters. The van der Waals surface area contributed by atoms with Crippen LogP contribution in [0.25, 0.3) is 5.78 Å². The monoisotopic (exact) mass is 477 g/mol. The van der Waals surface area contributed by atoms with Crippen LogP contribution < -0.4 is 15.6 Å². The molecule has 1 saturated heterocycles. The highest BCUT2D eigenvalue weighted by atomic mass is 16.5. The van der Waals surface area contributed by atoms with Crippen LogP contribution in [0.15, 0.2) is 35.5 Å². The van der Waals surface area contributed by atoms with E-state index in [0.717, 1.165) is 31.4 Å². The second-order valence-corrected chi connectivity index (χ2v) is 11.0. The molecule has 0 spiro atoms. The fraction of sp³-hybridized carbons (Fsp3) is 0.538. The molecule has 1 N–H and O–H groups in total. The zero-order valence-electron chi connectivity index (χ0n) is 20.6. The van der Waals surface area contributed by atoms with Crippen molar-refractivity contribution in [3.8, 4) is 5.88 Å². The summed E-state index contributed by atoms with van der Waals surface area (Å²) >= 11 is 0. The number of hydrogen-bond donors (Lipinski definition) is 1. The number of imidazole rings is 1. The number of amides is 1. The number of aromatic nitrogens is 4. The predicted molar refractivity (Wildman–Crippen MR) is 130 cm³/mol. The van der Waals surface area contributed by atoms with E-state index in [4.69, 9.17) is 14.5 Å². The first-order chi connectivity index (χ1) is 16.7. The zero-order valence-corrected chi connectivity index (χ0v) is 20.6. The van der Waals surface area contributed by atoms with E-state index in [1.807, 2.05) is 20.0 Å². The summed E-state index contributed by atoms with van der Waals surface area (Å²) in [7, 11) is 0. The number of carbonyl (C=O) groups is 1. The van der Waals surface area contributed by atoms with E-state index < -0.39 is 5.91 Å². The van der Waals surface area contributed by atoms with Gasteiger partial charge in [-0.15, -0.1) is 0 Å². The minimum atomic E-state index is -0.445. The van der Waals surface area contributed by atoms with Crippen molar-refractivity contribution < 1.29 is 14.3 Å². The second kappa shape index (κ2) is 7.65. The van der Waals surface area contributed by atoms with E-state index in [9.17, 15) is 9.59 Å². The molecular formula is C26H31N5O4. The van der Waals surface area contributed by atoms with Gasteiger partial charge < -0.3 is 19.4 Å². The SMILES string of the molecule is CC(C)Oc1nc2nc([C@@]34CC[C@@](C)(C3)OC4)cn2cc1C(=O)Nc1cccn([C@H]2C[C@H]2C)c1=O. The number of nitrogens with zero attached hydrogens (tertiary/aromatic N) is 4. The quantitative estimate of drug-likeness (QED) is 0.581. The van der Waals surface area contributed by atoms with Crippen molar-refractivity contribution in [3.63, 3.8) is 0 Å². The molecule has 0 aromatic carbocycles. The lowest BCUT2D eigenvalue weighted by Gasteiger charge is -2.24. The number of nitrogens with one attached hydrogen (secondary N) is 1. The molecule has 4 heterocycles. The third-order valence-corrected chi connectivity index (χ3v) is 7.74. The Labute approximate surface area is 203 Å². The van der Waals surface area contributed by atoms with Crippen LogP contribution in [0.5, 0.6) is 5.88 Å². The van der Waals surface area contributed by atoms with E-state index in [0.29, 0.717) is 18.3 Å². The minimum absolute atomic E-state index is 0.0823. The zero-order chi connectivity index (χ0) is 24.5. The predicted octanol–water partition coefficient (Wildman–Crippen LogP) is 3.72. The van der Waals surface area contributed by atoms with Gasteiger partial charge >= 0.3 is 0 Å². The maximum Gasteiger partial charge on any atom is 0.274 e. The van der Waals surface area contributed by atoms with Crippen LogP contribution >= 0.6 is 0 Å². The lowest BCUT2D eigenvalue weighted by molar-refractivity contribution is -0.00627. The highest BCUT2D eigenvalue weighted by Gasteiger charge is 2.55. The Hall–Kier alpha value is -3.20. The number of carbonyl (C=O) groups excluding carboxylic acids is 1. The Morgan fingerprint density at radius 2 is 2.09 bits per heavy atom. The first-order valence-corrected chi connectivity index (χ1v) is 12.4. The van der Waals surface area contributed by atoms with Gasteiger partial charge in [0, 0.05) is 30.0 Å². The molecule has 184 valence electrons. The third kappa shape index (κ3) is 3.73. The van der Waals surface area contributed by atoms with Crippen molar-refractivity contribution >= 4 is 17.4 Å². The number of pyridine rings is 1. The molecule has 4 atom stereocenters. The molecule has 2 bridgehead atoms. The van der Waals surface area contributed by atoms with Gasteiger partial charge in [-0.05, 0) is 64.5 Å². The molecule has 3 aromatic rings. The Morgan fingerprint density at radius 3 is 2.71 bits per heavy atom. The Balaban J connectivity index is 1.35. The molecule has 6 rings (SSSR count).